The highest BCUT2D eigenvalue weighted by molar-refractivity contribution is 9.10. The van der Waals surface area contributed by atoms with E-state index >= 15 is 0 Å². The molecule has 0 saturated heterocycles. The molecule has 1 rings (SSSR count). The van der Waals surface area contributed by atoms with Crippen molar-refractivity contribution in [3.63, 3.8) is 0 Å². The fourth-order valence-electron chi connectivity index (χ4n) is 1.45. The van der Waals surface area contributed by atoms with Crippen LogP contribution in [0.15, 0.2) is 16.6 Å². The van der Waals surface area contributed by atoms with Crippen LogP contribution in [0.4, 0.5) is 5.69 Å². The molecule has 0 unspecified atom stereocenters. The SMILES string of the molecule is CC(C)(C)OC(=O)CCOc1c(Br)cc(Cl)cc1[N+](=O)[O-]. The molecule has 0 aliphatic rings. The van der Waals surface area contributed by atoms with Crippen LogP contribution in [0.2, 0.25) is 5.02 Å². The van der Waals surface area contributed by atoms with Gasteiger partial charge in [0.25, 0.3) is 0 Å². The molecule has 0 aromatic heterocycles. The lowest BCUT2D eigenvalue weighted by molar-refractivity contribution is -0.385. The average Bonchev–Trinajstić information content (AvgIpc) is 2.28. The number of ether oxygens (including phenoxy) is 2. The number of hydrogen-bond acceptors (Lipinski definition) is 5. The van der Waals surface area contributed by atoms with E-state index in [0.717, 1.165) is 0 Å². The summed E-state index contributed by atoms with van der Waals surface area (Å²) in [7, 11) is 0. The summed E-state index contributed by atoms with van der Waals surface area (Å²) in [5.74, 6) is -0.400. The molecule has 0 spiro atoms. The molecule has 0 N–H and O–H groups in total. The van der Waals surface area contributed by atoms with Gasteiger partial charge in [0.1, 0.15) is 5.60 Å². The first-order valence-electron chi connectivity index (χ1n) is 6.08. The zero-order chi connectivity index (χ0) is 16.2. The lowest BCUT2D eigenvalue weighted by atomic mass is 10.2. The molecule has 8 heteroatoms. The summed E-state index contributed by atoms with van der Waals surface area (Å²) in [6.07, 6.45) is -0.0104. The summed E-state index contributed by atoms with van der Waals surface area (Å²) < 4.78 is 10.8. The molecular formula is C13H15BrClNO5. The number of esters is 1. The maximum atomic E-state index is 11.5. The van der Waals surface area contributed by atoms with Crippen LogP contribution in [-0.4, -0.2) is 23.1 Å². The minimum atomic E-state index is -0.598. The van der Waals surface area contributed by atoms with Crippen molar-refractivity contribution in [2.45, 2.75) is 32.8 Å². The molecule has 0 atom stereocenters. The van der Waals surface area contributed by atoms with Gasteiger partial charge >= 0.3 is 11.7 Å². The van der Waals surface area contributed by atoms with E-state index in [-0.39, 0.29) is 29.5 Å². The fourth-order valence-corrected chi connectivity index (χ4v) is 2.36. The number of nitrogens with zero attached hydrogens (tertiary/aromatic N) is 1. The molecule has 21 heavy (non-hydrogen) atoms. The lowest BCUT2D eigenvalue weighted by Crippen LogP contribution is -2.24. The van der Waals surface area contributed by atoms with E-state index < -0.39 is 16.5 Å². The number of rotatable bonds is 5. The van der Waals surface area contributed by atoms with Crippen LogP contribution >= 0.6 is 27.5 Å². The molecule has 1 aromatic rings. The largest absolute Gasteiger partial charge is 0.485 e. The Morgan fingerprint density at radius 3 is 2.57 bits per heavy atom. The van der Waals surface area contributed by atoms with E-state index in [0.29, 0.717) is 4.47 Å². The Kier molecular flexibility index (Phi) is 5.98. The van der Waals surface area contributed by atoms with Crippen molar-refractivity contribution in [1.29, 1.82) is 0 Å². The van der Waals surface area contributed by atoms with Crippen LogP contribution in [0.3, 0.4) is 0 Å². The van der Waals surface area contributed by atoms with E-state index in [4.69, 9.17) is 21.1 Å². The summed E-state index contributed by atoms with van der Waals surface area (Å²) in [6.45, 7) is 5.24. The number of nitro benzene ring substituents is 1. The van der Waals surface area contributed by atoms with Gasteiger partial charge in [0.15, 0.2) is 0 Å². The maximum Gasteiger partial charge on any atom is 0.313 e. The van der Waals surface area contributed by atoms with E-state index in [1.807, 2.05) is 0 Å². The summed E-state index contributed by atoms with van der Waals surface area (Å²) in [5.41, 5.74) is -0.845. The molecule has 0 radical (unpaired) electrons. The van der Waals surface area contributed by atoms with E-state index in [1.54, 1.807) is 20.8 Å². The first-order chi connectivity index (χ1) is 9.60. The third-order valence-electron chi connectivity index (χ3n) is 2.16. The van der Waals surface area contributed by atoms with Gasteiger partial charge in [-0.15, -0.1) is 0 Å². The Hall–Kier alpha value is -1.34. The third-order valence-corrected chi connectivity index (χ3v) is 2.97. The number of carbonyl (C=O) groups is 1. The zero-order valence-electron chi connectivity index (χ0n) is 11.8. The topological polar surface area (TPSA) is 78.7 Å². The Bertz CT molecular complexity index is 556. The van der Waals surface area contributed by atoms with Crippen LogP contribution in [0.5, 0.6) is 5.75 Å². The van der Waals surface area contributed by atoms with Crippen LogP contribution in [0, 0.1) is 10.1 Å². The van der Waals surface area contributed by atoms with Crippen molar-refractivity contribution >= 4 is 39.2 Å². The van der Waals surface area contributed by atoms with Gasteiger partial charge in [0, 0.05) is 11.1 Å². The van der Waals surface area contributed by atoms with Gasteiger partial charge < -0.3 is 9.47 Å². The maximum absolute atomic E-state index is 11.5. The van der Waals surface area contributed by atoms with Crippen molar-refractivity contribution in [2.24, 2.45) is 0 Å². The molecule has 0 bridgehead atoms. The summed E-state index contributed by atoms with van der Waals surface area (Å²) in [6, 6.07) is 2.67. The number of benzene rings is 1. The minimum Gasteiger partial charge on any atom is -0.485 e. The predicted octanol–water partition coefficient (Wildman–Crippen LogP) is 4.12. The fraction of sp³-hybridized carbons (Fsp3) is 0.462. The highest BCUT2D eigenvalue weighted by atomic mass is 79.9. The standard InChI is InChI=1S/C13H15BrClNO5/c1-13(2,3)21-11(17)4-5-20-12-9(14)6-8(15)7-10(12)16(18)19/h6-7H,4-5H2,1-3H3. The van der Waals surface area contributed by atoms with Crippen molar-refractivity contribution in [3.8, 4) is 5.75 Å². The predicted molar refractivity (Wildman–Crippen MR) is 81.8 cm³/mol. The molecule has 0 aliphatic carbocycles. The van der Waals surface area contributed by atoms with E-state index in [1.165, 1.54) is 12.1 Å². The first-order valence-corrected chi connectivity index (χ1v) is 7.25. The Balaban J connectivity index is 2.72. The average molecular weight is 381 g/mol. The second-order valence-electron chi connectivity index (χ2n) is 5.18. The molecule has 1 aromatic carbocycles. The van der Waals surface area contributed by atoms with E-state index in [9.17, 15) is 14.9 Å². The Morgan fingerprint density at radius 2 is 2.05 bits per heavy atom. The molecular weight excluding hydrogens is 366 g/mol. The summed E-state index contributed by atoms with van der Waals surface area (Å²) in [4.78, 5) is 21.9. The normalized spacial score (nSPS) is 11.1. The van der Waals surface area contributed by atoms with Gasteiger partial charge in [0.2, 0.25) is 5.75 Å². The molecule has 0 heterocycles. The highest BCUT2D eigenvalue weighted by Gasteiger charge is 2.21. The molecule has 116 valence electrons. The lowest BCUT2D eigenvalue weighted by Gasteiger charge is -2.19. The van der Waals surface area contributed by atoms with Crippen molar-refractivity contribution in [3.05, 3.63) is 31.7 Å². The van der Waals surface area contributed by atoms with Gasteiger partial charge in [0.05, 0.1) is 22.4 Å². The van der Waals surface area contributed by atoms with Crippen molar-refractivity contribution in [2.75, 3.05) is 6.61 Å². The number of nitro groups is 1. The smallest absolute Gasteiger partial charge is 0.313 e. The molecule has 0 fully saturated rings. The number of hydrogen-bond donors (Lipinski definition) is 0. The van der Waals surface area contributed by atoms with Gasteiger partial charge in [-0.1, -0.05) is 11.6 Å². The summed E-state index contributed by atoms with van der Waals surface area (Å²) >= 11 is 8.91. The third kappa shape index (κ3) is 5.89. The van der Waals surface area contributed by atoms with Crippen LogP contribution < -0.4 is 4.74 Å². The van der Waals surface area contributed by atoms with Crippen molar-refractivity contribution in [1.82, 2.24) is 0 Å². The van der Waals surface area contributed by atoms with Gasteiger partial charge in [-0.3, -0.25) is 14.9 Å². The van der Waals surface area contributed by atoms with Crippen LogP contribution in [0.25, 0.3) is 0 Å². The Labute approximate surface area is 135 Å². The van der Waals surface area contributed by atoms with Crippen LogP contribution in [-0.2, 0) is 9.53 Å². The van der Waals surface area contributed by atoms with Gasteiger partial charge in [-0.05, 0) is 42.8 Å². The van der Waals surface area contributed by atoms with Crippen molar-refractivity contribution < 1.29 is 19.2 Å². The number of carbonyl (C=O) groups excluding carboxylic acids is 1. The first kappa shape index (κ1) is 17.7. The summed E-state index contributed by atoms with van der Waals surface area (Å²) in [5, 5.41) is 11.2. The number of halogens is 2. The van der Waals surface area contributed by atoms with Gasteiger partial charge in [-0.2, -0.15) is 0 Å². The highest BCUT2D eigenvalue weighted by Crippen LogP contribution is 2.37. The molecule has 0 aliphatic heterocycles. The molecule has 0 amide bonds. The van der Waals surface area contributed by atoms with E-state index in [2.05, 4.69) is 15.9 Å². The quantitative estimate of drug-likeness (QED) is 0.436. The molecule has 6 nitrogen and oxygen atoms in total. The van der Waals surface area contributed by atoms with Crippen LogP contribution in [0.1, 0.15) is 27.2 Å². The monoisotopic (exact) mass is 379 g/mol. The Morgan fingerprint density at radius 1 is 1.43 bits per heavy atom. The second kappa shape index (κ2) is 7.09. The van der Waals surface area contributed by atoms with Gasteiger partial charge in [-0.25, -0.2) is 0 Å². The molecule has 0 saturated carbocycles. The zero-order valence-corrected chi connectivity index (χ0v) is 14.2. The second-order valence-corrected chi connectivity index (χ2v) is 6.47. The minimum absolute atomic E-state index is 0.0104.